The predicted molar refractivity (Wildman–Crippen MR) is 31.5 cm³/mol. The third-order valence-corrected chi connectivity index (χ3v) is 1.07. The Labute approximate surface area is 53.3 Å². The predicted octanol–water partition coefficient (Wildman–Crippen LogP) is -1.40. The molecule has 2 atom stereocenters. The third kappa shape index (κ3) is 2.43. The van der Waals surface area contributed by atoms with Gasteiger partial charge in [0.15, 0.2) is 6.10 Å². The van der Waals surface area contributed by atoms with Gasteiger partial charge in [-0.15, -0.1) is 0 Å². The number of carbonyl (C=O) groups is 1. The van der Waals surface area contributed by atoms with Gasteiger partial charge < -0.3 is 15.9 Å². The van der Waals surface area contributed by atoms with Crippen LogP contribution < -0.4 is 5.73 Å². The molecular weight excluding hydrogens is 122 g/mol. The molecule has 0 spiro atoms. The van der Waals surface area contributed by atoms with Crippen molar-refractivity contribution in [3.63, 3.8) is 0 Å². The van der Waals surface area contributed by atoms with E-state index in [1.807, 2.05) is 0 Å². The Kier molecular flexibility index (Phi) is 3.19. The smallest absolute Gasteiger partial charge is 0.248 e. The van der Waals surface area contributed by atoms with Crippen LogP contribution >= 0.6 is 0 Å². The van der Waals surface area contributed by atoms with Gasteiger partial charge in [0.2, 0.25) is 5.91 Å². The number of hydrogen-bond acceptors (Lipinski definition) is 3. The van der Waals surface area contributed by atoms with Crippen LogP contribution in [0.4, 0.5) is 0 Å². The maximum atomic E-state index is 10.1. The summed E-state index contributed by atoms with van der Waals surface area (Å²) in [7, 11) is 0. The van der Waals surface area contributed by atoms with Crippen LogP contribution in [0, 0.1) is 0 Å². The largest absolute Gasteiger partial charge is 0.390 e. The van der Waals surface area contributed by atoms with Crippen molar-refractivity contribution in [2.45, 2.75) is 25.6 Å². The second-order valence-electron chi connectivity index (χ2n) is 1.82. The molecule has 0 unspecified atom stereocenters. The summed E-state index contributed by atoms with van der Waals surface area (Å²) in [5.74, 6) is -0.885. The van der Waals surface area contributed by atoms with Gasteiger partial charge in [0.1, 0.15) is 0 Å². The van der Waals surface area contributed by atoms with Crippen LogP contribution in [0.3, 0.4) is 0 Å². The first-order valence-electron chi connectivity index (χ1n) is 2.75. The lowest BCUT2D eigenvalue weighted by atomic mass is 10.1. The van der Waals surface area contributed by atoms with Gasteiger partial charge in [-0.3, -0.25) is 4.79 Å². The van der Waals surface area contributed by atoms with Crippen LogP contribution in [-0.2, 0) is 4.79 Å². The number of amides is 1. The standard InChI is InChI=1S/C5H11NO3/c1-2-3(7)4(8)5(6)9/h3-4,7-8H,2H2,1H3,(H2,6,9)/t3-,4+/m1/s1. The van der Waals surface area contributed by atoms with E-state index in [1.54, 1.807) is 6.92 Å². The summed E-state index contributed by atoms with van der Waals surface area (Å²) in [6.07, 6.45) is -2.12. The number of rotatable bonds is 3. The minimum atomic E-state index is -1.42. The Balaban J connectivity index is 3.72. The number of aliphatic hydroxyl groups is 2. The van der Waals surface area contributed by atoms with Gasteiger partial charge in [-0.25, -0.2) is 0 Å². The van der Waals surface area contributed by atoms with E-state index in [2.05, 4.69) is 5.73 Å². The van der Waals surface area contributed by atoms with E-state index in [1.165, 1.54) is 0 Å². The third-order valence-electron chi connectivity index (χ3n) is 1.07. The highest BCUT2D eigenvalue weighted by atomic mass is 16.3. The fourth-order valence-electron chi connectivity index (χ4n) is 0.413. The molecule has 0 fully saturated rings. The summed E-state index contributed by atoms with van der Waals surface area (Å²) in [4.78, 5) is 10.1. The van der Waals surface area contributed by atoms with Crippen LogP contribution in [0.15, 0.2) is 0 Å². The Hall–Kier alpha value is -0.610. The lowest BCUT2D eigenvalue weighted by Gasteiger charge is -2.10. The molecule has 0 aromatic rings. The topological polar surface area (TPSA) is 83.6 Å². The van der Waals surface area contributed by atoms with Gasteiger partial charge in [-0.05, 0) is 6.42 Å². The van der Waals surface area contributed by atoms with E-state index in [0.717, 1.165) is 0 Å². The molecule has 0 bridgehead atoms. The van der Waals surface area contributed by atoms with Crippen LogP contribution in [0.2, 0.25) is 0 Å². The molecule has 9 heavy (non-hydrogen) atoms. The molecular formula is C5H11NO3. The van der Waals surface area contributed by atoms with Crippen molar-refractivity contribution in [3.05, 3.63) is 0 Å². The summed E-state index contributed by atoms with van der Waals surface area (Å²) in [6.45, 7) is 1.65. The lowest BCUT2D eigenvalue weighted by Crippen LogP contribution is -2.38. The Morgan fingerprint density at radius 3 is 2.22 bits per heavy atom. The number of carbonyl (C=O) groups excluding carboxylic acids is 1. The highest BCUT2D eigenvalue weighted by molar-refractivity contribution is 5.79. The molecule has 1 amide bonds. The number of aliphatic hydroxyl groups excluding tert-OH is 2. The minimum absolute atomic E-state index is 0.324. The van der Waals surface area contributed by atoms with E-state index in [0.29, 0.717) is 6.42 Å². The fraction of sp³-hybridized carbons (Fsp3) is 0.800. The quantitative estimate of drug-likeness (QED) is 0.443. The van der Waals surface area contributed by atoms with E-state index in [9.17, 15) is 4.79 Å². The molecule has 0 saturated heterocycles. The van der Waals surface area contributed by atoms with Crippen molar-refractivity contribution >= 4 is 5.91 Å². The average molecular weight is 133 g/mol. The highest BCUT2D eigenvalue weighted by Gasteiger charge is 2.18. The molecule has 0 heterocycles. The summed E-state index contributed by atoms with van der Waals surface area (Å²) in [5, 5.41) is 17.4. The Morgan fingerprint density at radius 1 is 1.67 bits per heavy atom. The van der Waals surface area contributed by atoms with Gasteiger partial charge in [0.05, 0.1) is 6.10 Å². The minimum Gasteiger partial charge on any atom is -0.390 e. The second kappa shape index (κ2) is 3.42. The van der Waals surface area contributed by atoms with Crippen molar-refractivity contribution in [3.8, 4) is 0 Å². The van der Waals surface area contributed by atoms with Gasteiger partial charge in [0.25, 0.3) is 0 Å². The molecule has 4 nitrogen and oxygen atoms in total. The van der Waals surface area contributed by atoms with E-state index < -0.39 is 18.1 Å². The molecule has 4 heteroatoms. The molecule has 0 rings (SSSR count). The molecule has 4 N–H and O–H groups in total. The fourth-order valence-corrected chi connectivity index (χ4v) is 0.413. The molecule has 0 aliphatic heterocycles. The monoisotopic (exact) mass is 133 g/mol. The van der Waals surface area contributed by atoms with E-state index >= 15 is 0 Å². The van der Waals surface area contributed by atoms with Crippen LogP contribution in [0.5, 0.6) is 0 Å². The van der Waals surface area contributed by atoms with Crippen molar-refractivity contribution in [1.82, 2.24) is 0 Å². The van der Waals surface area contributed by atoms with Gasteiger partial charge in [-0.2, -0.15) is 0 Å². The number of nitrogens with two attached hydrogens (primary N) is 1. The van der Waals surface area contributed by atoms with Gasteiger partial charge >= 0.3 is 0 Å². The van der Waals surface area contributed by atoms with E-state index in [4.69, 9.17) is 10.2 Å². The average Bonchev–Trinajstić information content (AvgIpc) is 1.84. The van der Waals surface area contributed by atoms with Crippen LogP contribution in [0.25, 0.3) is 0 Å². The molecule has 0 aliphatic rings. The number of hydrogen-bond donors (Lipinski definition) is 3. The first-order valence-corrected chi connectivity index (χ1v) is 2.75. The first kappa shape index (κ1) is 8.39. The molecule has 0 aliphatic carbocycles. The van der Waals surface area contributed by atoms with Crippen LogP contribution in [-0.4, -0.2) is 28.3 Å². The summed E-state index contributed by atoms with van der Waals surface area (Å²) < 4.78 is 0. The maximum absolute atomic E-state index is 10.1. The van der Waals surface area contributed by atoms with Gasteiger partial charge in [-0.1, -0.05) is 6.92 Å². The lowest BCUT2D eigenvalue weighted by molar-refractivity contribution is -0.131. The zero-order chi connectivity index (χ0) is 7.44. The van der Waals surface area contributed by atoms with Crippen molar-refractivity contribution in [1.29, 1.82) is 0 Å². The van der Waals surface area contributed by atoms with Crippen molar-refractivity contribution in [2.24, 2.45) is 5.73 Å². The second-order valence-corrected chi connectivity index (χ2v) is 1.82. The Morgan fingerprint density at radius 2 is 2.11 bits per heavy atom. The Bertz CT molecular complexity index is 104. The highest BCUT2D eigenvalue weighted by Crippen LogP contribution is 1.95. The molecule has 0 saturated carbocycles. The van der Waals surface area contributed by atoms with Crippen molar-refractivity contribution < 1.29 is 15.0 Å². The number of primary amides is 1. The zero-order valence-electron chi connectivity index (χ0n) is 5.24. The van der Waals surface area contributed by atoms with Gasteiger partial charge in [0, 0.05) is 0 Å². The summed E-state index contributed by atoms with van der Waals surface area (Å²) in [6, 6.07) is 0. The first-order chi connectivity index (χ1) is 4.09. The molecule has 0 aromatic heterocycles. The normalized spacial score (nSPS) is 16.8. The zero-order valence-corrected chi connectivity index (χ0v) is 5.24. The van der Waals surface area contributed by atoms with Crippen molar-refractivity contribution in [2.75, 3.05) is 0 Å². The molecule has 0 radical (unpaired) electrons. The van der Waals surface area contributed by atoms with E-state index in [-0.39, 0.29) is 0 Å². The maximum Gasteiger partial charge on any atom is 0.248 e. The SMILES string of the molecule is CC[C@@H](O)[C@H](O)C(N)=O. The van der Waals surface area contributed by atoms with Crippen LogP contribution in [0.1, 0.15) is 13.3 Å². The summed E-state index contributed by atoms with van der Waals surface area (Å²) >= 11 is 0. The molecule has 0 aromatic carbocycles. The summed E-state index contributed by atoms with van der Waals surface area (Å²) in [5.41, 5.74) is 4.66. The molecule has 54 valence electrons.